The summed E-state index contributed by atoms with van der Waals surface area (Å²) in [6.45, 7) is 2.83. The van der Waals surface area contributed by atoms with Crippen LogP contribution < -0.4 is 4.74 Å². The molecule has 1 fully saturated rings. The maximum absolute atomic E-state index is 14.1. The number of carbonyl (C=O) groups excluding carboxylic acids is 2. The zero-order valence-electron chi connectivity index (χ0n) is 19.0. The molecule has 5 rings (SSSR count). The quantitative estimate of drug-likeness (QED) is 0.546. The minimum absolute atomic E-state index is 0.136. The monoisotopic (exact) mass is 440 g/mol. The van der Waals surface area contributed by atoms with Gasteiger partial charge in [0.15, 0.2) is 5.72 Å². The number of hydrogen-bond donors (Lipinski definition) is 0. The summed E-state index contributed by atoms with van der Waals surface area (Å²) in [6.07, 6.45) is 0.590. The lowest BCUT2D eigenvalue weighted by atomic mass is 9.73. The fourth-order valence-electron chi connectivity index (χ4n) is 5.09. The van der Waals surface area contributed by atoms with Crippen molar-refractivity contribution in [3.8, 4) is 5.75 Å². The van der Waals surface area contributed by atoms with Gasteiger partial charge in [-0.1, -0.05) is 78.9 Å². The second kappa shape index (κ2) is 8.39. The van der Waals surface area contributed by atoms with Gasteiger partial charge in [0.05, 0.1) is 0 Å². The lowest BCUT2D eigenvalue weighted by Crippen LogP contribution is -2.63. The van der Waals surface area contributed by atoms with Gasteiger partial charge in [0.2, 0.25) is 11.8 Å². The molecule has 3 aromatic carbocycles. The third kappa shape index (κ3) is 3.88. The first-order chi connectivity index (χ1) is 16.0. The molecule has 2 heterocycles. The molecular formula is C28H28N2O3. The van der Waals surface area contributed by atoms with Gasteiger partial charge in [-0.05, 0) is 29.7 Å². The average molecular weight is 441 g/mol. The first kappa shape index (κ1) is 21.3. The Morgan fingerprint density at radius 3 is 2.09 bits per heavy atom. The molecule has 0 N–H and O–H groups in total. The highest BCUT2D eigenvalue weighted by Crippen LogP contribution is 2.50. The Kier molecular flexibility index (Phi) is 5.41. The van der Waals surface area contributed by atoms with E-state index in [1.54, 1.807) is 11.9 Å². The Hall–Kier alpha value is -3.60. The molecule has 5 nitrogen and oxygen atoms in total. The molecule has 2 aliphatic rings. The van der Waals surface area contributed by atoms with Crippen molar-refractivity contribution in [1.29, 1.82) is 0 Å². The van der Waals surface area contributed by atoms with Crippen molar-refractivity contribution in [3.63, 3.8) is 0 Å². The summed E-state index contributed by atoms with van der Waals surface area (Å²) in [4.78, 5) is 31.2. The average Bonchev–Trinajstić information content (AvgIpc) is 2.83. The fourth-order valence-corrected chi connectivity index (χ4v) is 5.09. The van der Waals surface area contributed by atoms with E-state index in [0.717, 1.165) is 22.4 Å². The first-order valence-electron chi connectivity index (χ1n) is 11.4. The zero-order valence-corrected chi connectivity index (χ0v) is 19.0. The van der Waals surface area contributed by atoms with Gasteiger partial charge in [0.1, 0.15) is 11.7 Å². The highest BCUT2D eigenvalue weighted by Gasteiger charge is 2.55. The summed E-state index contributed by atoms with van der Waals surface area (Å²) in [5.74, 6) is -0.556. The summed E-state index contributed by atoms with van der Waals surface area (Å²) in [5.41, 5.74) is 2.26. The summed E-state index contributed by atoms with van der Waals surface area (Å²) in [5, 5.41) is 0. The van der Waals surface area contributed by atoms with Crippen LogP contribution in [-0.2, 0) is 22.7 Å². The van der Waals surface area contributed by atoms with Crippen molar-refractivity contribution in [2.45, 2.75) is 38.1 Å². The molecule has 2 amide bonds. The van der Waals surface area contributed by atoms with Gasteiger partial charge in [-0.3, -0.25) is 9.59 Å². The Morgan fingerprint density at radius 1 is 0.939 bits per heavy atom. The van der Waals surface area contributed by atoms with Crippen molar-refractivity contribution >= 4 is 11.8 Å². The van der Waals surface area contributed by atoms with Crippen molar-refractivity contribution in [3.05, 3.63) is 102 Å². The summed E-state index contributed by atoms with van der Waals surface area (Å²) in [7, 11) is 1.74. The van der Waals surface area contributed by atoms with Gasteiger partial charge in [-0.2, -0.15) is 0 Å². The van der Waals surface area contributed by atoms with E-state index >= 15 is 0 Å². The molecule has 2 aliphatic heterocycles. The minimum atomic E-state index is -0.777. The number of para-hydroxylation sites is 1. The third-order valence-electron chi connectivity index (χ3n) is 6.97. The summed E-state index contributed by atoms with van der Waals surface area (Å²) >= 11 is 0. The lowest BCUT2D eigenvalue weighted by molar-refractivity contribution is -0.174. The highest BCUT2D eigenvalue weighted by molar-refractivity contribution is 6.02. The predicted molar refractivity (Wildman–Crippen MR) is 126 cm³/mol. The van der Waals surface area contributed by atoms with Crippen LogP contribution in [0.3, 0.4) is 0 Å². The number of likely N-dealkylation sites (tertiary alicyclic amines) is 1. The van der Waals surface area contributed by atoms with E-state index in [1.165, 1.54) is 0 Å². The van der Waals surface area contributed by atoms with Gasteiger partial charge < -0.3 is 14.5 Å². The zero-order chi connectivity index (χ0) is 23.0. The van der Waals surface area contributed by atoms with E-state index in [1.807, 2.05) is 96.8 Å². The molecule has 0 aliphatic carbocycles. The minimum Gasteiger partial charge on any atom is -0.468 e. The van der Waals surface area contributed by atoms with Gasteiger partial charge in [0, 0.05) is 32.5 Å². The third-order valence-corrected chi connectivity index (χ3v) is 6.97. The predicted octanol–water partition coefficient (Wildman–Crippen LogP) is 4.59. The molecule has 0 spiro atoms. The number of fused-ring (bicyclic) bond motifs is 4. The van der Waals surface area contributed by atoms with Crippen LogP contribution in [0.5, 0.6) is 5.75 Å². The number of benzene rings is 3. The number of hydrogen-bond acceptors (Lipinski definition) is 3. The van der Waals surface area contributed by atoms with Crippen LogP contribution >= 0.6 is 0 Å². The molecule has 0 saturated carbocycles. The van der Waals surface area contributed by atoms with Crippen LogP contribution in [0, 0.1) is 5.92 Å². The van der Waals surface area contributed by atoms with Crippen LogP contribution in [0.15, 0.2) is 84.9 Å². The van der Waals surface area contributed by atoms with Gasteiger partial charge in [-0.15, -0.1) is 0 Å². The van der Waals surface area contributed by atoms with E-state index in [9.17, 15) is 9.59 Å². The maximum Gasteiger partial charge on any atom is 0.238 e. The number of amides is 2. The van der Waals surface area contributed by atoms with E-state index in [-0.39, 0.29) is 17.7 Å². The molecule has 3 aromatic rings. The fraction of sp³-hybridized carbons (Fsp3) is 0.286. The number of carbonyl (C=O) groups is 2. The van der Waals surface area contributed by atoms with E-state index in [2.05, 4.69) is 0 Å². The van der Waals surface area contributed by atoms with Crippen LogP contribution in [0.2, 0.25) is 0 Å². The lowest BCUT2D eigenvalue weighted by Gasteiger charge is -2.52. The highest BCUT2D eigenvalue weighted by atomic mass is 16.5. The SMILES string of the molecule is CN1C(=O)[C@@H](C(=O)N(Cc2ccccc2)Cc2ccccc2)[C@H]2C[C@]1(C)Oc1ccccc12. The Balaban J connectivity index is 1.53. The van der Waals surface area contributed by atoms with Gasteiger partial charge in [-0.25, -0.2) is 0 Å². The van der Waals surface area contributed by atoms with Crippen molar-refractivity contribution in [2.24, 2.45) is 5.92 Å². The smallest absolute Gasteiger partial charge is 0.238 e. The molecule has 0 aromatic heterocycles. The molecule has 0 unspecified atom stereocenters. The van der Waals surface area contributed by atoms with Crippen LogP contribution in [0.25, 0.3) is 0 Å². The Labute approximate surface area is 194 Å². The number of piperidine rings is 1. The normalized spacial score (nSPS) is 23.5. The molecule has 2 bridgehead atoms. The largest absolute Gasteiger partial charge is 0.468 e. The number of nitrogens with zero attached hydrogens (tertiary/aromatic N) is 2. The van der Waals surface area contributed by atoms with E-state index < -0.39 is 11.6 Å². The molecule has 1 saturated heterocycles. The van der Waals surface area contributed by atoms with Crippen molar-refractivity contribution in [2.75, 3.05) is 7.05 Å². The molecule has 33 heavy (non-hydrogen) atoms. The second-order valence-corrected chi connectivity index (χ2v) is 9.17. The van der Waals surface area contributed by atoms with E-state index in [4.69, 9.17) is 4.74 Å². The Morgan fingerprint density at radius 2 is 1.48 bits per heavy atom. The molecule has 3 atom stereocenters. The number of rotatable bonds is 5. The molecule has 168 valence electrons. The van der Waals surface area contributed by atoms with Crippen LogP contribution in [-0.4, -0.2) is 34.4 Å². The van der Waals surface area contributed by atoms with Crippen LogP contribution in [0.1, 0.15) is 36.0 Å². The topological polar surface area (TPSA) is 49.9 Å². The standard InChI is InChI=1S/C28H28N2O3/c1-28-17-23(22-15-9-10-16-24(22)33-28)25(26(31)29(28)2)27(32)30(18-20-11-5-3-6-12-20)19-21-13-7-4-8-14-21/h3-16,23,25H,17-19H2,1-2H3/t23-,25-,28-/m0/s1. The van der Waals surface area contributed by atoms with Gasteiger partial charge >= 0.3 is 0 Å². The summed E-state index contributed by atoms with van der Waals surface area (Å²) in [6, 6.07) is 27.7. The van der Waals surface area contributed by atoms with E-state index in [0.29, 0.717) is 19.5 Å². The second-order valence-electron chi connectivity index (χ2n) is 9.17. The Bertz CT molecular complexity index is 1120. The van der Waals surface area contributed by atoms with Crippen molar-refractivity contribution < 1.29 is 14.3 Å². The molecule has 5 heteroatoms. The maximum atomic E-state index is 14.1. The number of ether oxygens (including phenoxy) is 1. The van der Waals surface area contributed by atoms with Gasteiger partial charge in [0.25, 0.3) is 0 Å². The molecular weight excluding hydrogens is 412 g/mol. The van der Waals surface area contributed by atoms with Crippen molar-refractivity contribution in [1.82, 2.24) is 9.80 Å². The molecule has 0 radical (unpaired) electrons. The first-order valence-corrected chi connectivity index (χ1v) is 11.4. The summed E-state index contributed by atoms with van der Waals surface area (Å²) < 4.78 is 6.23. The van der Waals surface area contributed by atoms with Crippen LogP contribution in [0.4, 0.5) is 0 Å².